The first-order valence-corrected chi connectivity index (χ1v) is 14.6. The van der Waals surface area contributed by atoms with Crippen molar-refractivity contribution in [1.82, 2.24) is 0 Å². The number of ether oxygens (including phenoxy) is 1. The van der Waals surface area contributed by atoms with Crippen molar-refractivity contribution in [1.29, 1.82) is 0 Å². The van der Waals surface area contributed by atoms with Crippen molar-refractivity contribution < 1.29 is 24.2 Å². The Hall–Kier alpha value is -2.08. The minimum absolute atomic E-state index is 0.0341. The average molecular weight is 511 g/mol. The molecular formula is C30H38O5S. The third kappa shape index (κ3) is 3.25. The maximum Gasteiger partial charge on any atom is 0.315 e. The summed E-state index contributed by atoms with van der Waals surface area (Å²) >= 11 is 1.66. The molecule has 1 aromatic carbocycles. The highest BCUT2D eigenvalue weighted by Crippen LogP contribution is 2.83. The molecule has 0 aliphatic heterocycles. The Labute approximate surface area is 218 Å². The molecule has 0 saturated heterocycles. The van der Waals surface area contributed by atoms with Crippen molar-refractivity contribution in [2.45, 2.75) is 64.2 Å². The van der Waals surface area contributed by atoms with Crippen LogP contribution < -0.4 is 0 Å². The lowest BCUT2D eigenvalue weighted by molar-refractivity contribution is -0.182. The van der Waals surface area contributed by atoms with Gasteiger partial charge in [0.05, 0.1) is 18.4 Å². The van der Waals surface area contributed by atoms with Gasteiger partial charge in [0.1, 0.15) is 11.7 Å². The summed E-state index contributed by atoms with van der Waals surface area (Å²) in [7, 11) is 0. The predicted molar refractivity (Wildman–Crippen MR) is 140 cm³/mol. The average Bonchev–Trinajstić information content (AvgIpc) is 3.42. The maximum atomic E-state index is 13.4. The summed E-state index contributed by atoms with van der Waals surface area (Å²) in [6.45, 7) is 6.55. The van der Waals surface area contributed by atoms with Crippen LogP contribution in [0.5, 0.6) is 0 Å². The quantitative estimate of drug-likeness (QED) is 0.195. The summed E-state index contributed by atoms with van der Waals surface area (Å²) in [5.74, 6) is -0.121. The monoisotopic (exact) mass is 510 g/mol. The zero-order valence-corrected chi connectivity index (χ0v) is 22.6. The number of carbonyl (C=O) groups excluding carboxylic acids is 2. The summed E-state index contributed by atoms with van der Waals surface area (Å²) in [5, 5.41) is 11.0. The first kappa shape index (κ1) is 25.6. The van der Waals surface area contributed by atoms with Gasteiger partial charge < -0.3 is 14.6 Å². The van der Waals surface area contributed by atoms with E-state index in [1.54, 1.807) is 11.8 Å². The van der Waals surface area contributed by atoms with Crippen LogP contribution >= 0.6 is 11.8 Å². The van der Waals surface area contributed by atoms with E-state index in [9.17, 15) is 19.5 Å². The molecule has 5 rings (SSSR count). The van der Waals surface area contributed by atoms with Gasteiger partial charge in [-0.1, -0.05) is 51.0 Å². The normalized spacial score (nSPS) is 38.1. The van der Waals surface area contributed by atoms with E-state index in [0.29, 0.717) is 24.7 Å². The second-order valence-corrected chi connectivity index (χ2v) is 12.9. The third-order valence-corrected chi connectivity index (χ3v) is 11.2. The van der Waals surface area contributed by atoms with Crippen LogP contribution in [0.15, 0.2) is 40.8 Å². The van der Waals surface area contributed by atoms with Crippen molar-refractivity contribution in [3.63, 3.8) is 0 Å². The standard InChI is InChI=1S/C30H38O5S/c1-18(2)25-14-21-15-29(17-31)24-10-5-19(3)23(24)16-28(21,30(25,29)27(33)34)11-12-35-26(32)13-20-6-8-22(36-4)9-7-20/h6-9,14,17-19,21,23-24H,5,10-13,15-16H2,1-4H3,(H,33,34)/t19-,21+,23-,24-,28-,29+,30-/m1/s1. The number of carboxylic acid groups (broad SMARTS) is 1. The van der Waals surface area contributed by atoms with Crippen molar-refractivity contribution in [2.75, 3.05) is 12.9 Å². The highest BCUT2D eigenvalue weighted by atomic mass is 32.2. The van der Waals surface area contributed by atoms with Crippen LogP contribution in [0.4, 0.5) is 0 Å². The number of hydrogen-bond acceptors (Lipinski definition) is 5. The zero-order valence-electron chi connectivity index (χ0n) is 21.8. The lowest BCUT2D eigenvalue weighted by Gasteiger charge is -2.58. The summed E-state index contributed by atoms with van der Waals surface area (Å²) in [6, 6.07) is 7.89. The lowest BCUT2D eigenvalue weighted by atomic mass is 9.42. The van der Waals surface area contributed by atoms with Crippen molar-refractivity contribution in [3.8, 4) is 0 Å². The largest absolute Gasteiger partial charge is 0.481 e. The number of esters is 1. The molecule has 36 heavy (non-hydrogen) atoms. The maximum absolute atomic E-state index is 13.4. The number of aliphatic carboxylic acids is 1. The molecule has 1 N–H and O–H groups in total. The molecular weight excluding hydrogens is 472 g/mol. The second kappa shape index (κ2) is 9.04. The molecule has 4 aliphatic rings. The van der Waals surface area contributed by atoms with Gasteiger partial charge in [0.15, 0.2) is 0 Å². The van der Waals surface area contributed by atoms with Crippen LogP contribution in [-0.4, -0.2) is 36.2 Å². The number of thioether (sulfide) groups is 1. The minimum Gasteiger partial charge on any atom is -0.481 e. The second-order valence-electron chi connectivity index (χ2n) is 12.0. The van der Waals surface area contributed by atoms with Gasteiger partial charge in [0.2, 0.25) is 0 Å². The van der Waals surface area contributed by atoms with E-state index in [1.165, 1.54) is 0 Å². The number of rotatable bonds is 9. The van der Waals surface area contributed by atoms with Gasteiger partial charge in [0, 0.05) is 10.3 Å². The third-order valence-electron chi connectivity index (χ3n) is 10.4. The molecule has 0 aromatic heterocycles. The molecule has 0 radical (unpaired) electrons. The van der Waals surface area contributed by atoms with Crippen LogP contribution in [0.3, 0.4) is 0 Å². The fourth-order valence-electron chi connectivity index (χ4n) is 9.14. The van der Waals surface area contributed by atoms with Crippen molar-refractivity contribution >= 4 is 30.0 Å². The molecule has 3 fully saturated rings. The smallest absolute Gasteiger partial charge is 0.315 e. The van der Waals surface area contributed by atoms with Crippen LogP contribution in [0.2, 0.25) is 0 Å². The molecule has 4 bridgehead atoms. The van der Waals surface area contributed by atoms with E-state index in [4.69, 9.17) is 4.74 Å². The number of aldehydes is 1. The van der Waals surface area contributed by atoms with E-state index < -0.39 is 22.2 Å². The molecule has 7 atom stereocenters. The highest BCUT2D eigenvalue weighted by molar-refractivity contribution is 7.98. The van der Waals surface area contributed by atoms with Gasteiger partial charge in [-0.25, -0.2) is 0 Å². The molecule has 3 saturated carbocycles. The molecule has 194 valence electrons. The Morgan fingerprint density at radius 3 is 2.53 bits per heavy atom. The number of carboxylic acids is 1. The van der Waals surface area contributed by atoms with Gasteiger partial charge in [-0.05, 0) is 79.2 Å². The molecule has 5 nitrogen and oxygen atoms in total. The van der Waals surface area contributed by atoms with Crippen molar-refractivity contribution in [2.24, 2.45) is 45.8 Å². The van der Waals surface area contributed by atoms with Crippen molar-refractivity contribution in [3.05, 3.63) is 41.5 Å². The molecule has 4 aliphatic carbocycles. The Kier molecular flexibility index (Phi) is 6.42. The summed E-state index contributed by atoms with van der Waals surface area (Å²) < 4.78 is 5.75. The summed E-state index contributed by atoms with van der Waals surface area (Å²) in [6.07, 6.45) is 9.33. The predicted octanol–water partition coefficient (Wildman–Crippen LogP) is 5.81. The Balaban J connectivity index is 1.44. The fraction of sp³-hybridized carbons (Fsp3) is 0.633. The van der Waals surface area contributed by atoms with Gasteiger partial charge in [-0.2, -0.15) is 0 Å². The van der Waals surface area contributed by atoms with Crippen LogP contribution in [0.1, 0.15) is 58.4 Å². The summed E-state index contributed by atoms with van der Waals surface area (Å²) in [4.78, 5) is 40.3. The fourth-order valence-corrected chi connectivity index (χ4v) is 9.55. The highest BCUT2D eigenvalue weighted by Gasteiger charge is 2.83. The number of benzene rings is 1. The molecule has 0 spiro atoms. The van der Waals surface area contributed by atoms with E-state index in [1.807, 2.05) is 30.5 Å². The SMILES string of the molecule is CSc1ccc(CC(=O)OCC[C@@]23C[C@@H]4[C@H](C)CC[C@H]4[C@@]4(C=O)C[C@@H]2C=C(C(C)C)[C@@]34C(=O)O)cc1. The first-order chi connectivity index (χ1) is 17.2. The molecule has 0 unspecified atom stereocenters. The van der Waals surface area contributed by atoms with Crippen LogP contribution in [0, 0.1) is 45.8 Å². The van der Waals surface area contributed by atoms with E-state index >= 15 is 0 Å². The molecule has 1 aromatic rings. The first-order valence-electron chi connectivity index (χ1n) is 13.4. The topological polar surface area (TPSA) is 80.7 Å². The van der Waals surface area contributed by atoms with E-state index in [2.05, 4.69) is 26.8 Å². The number of fused-ring (bicyclic) bond motifs is 2. The lowest BCUT2D eigenvalue weighted by Crippen LogP contribution is -2.62. The molecule has 0 heterocycles. The Bertz CT molecular complexity index is 1090. The van der Waals surface area contributed by atoms with Crippen LogP contribution in [0.25, 0.3) is 0 Å². The number of carbonyl (C=O) groups is 3. The molecule has 6 heteroatoms. The van der Waals surface area contributed by atoms with Gasteiger partial charge in [-0.15, -0.1) is 11.8 Å². The van der Waals surface area contributed by atoms with E-state index in [0.717, 1.165) is 41.6 Å². The van der Waals surface area contributed by atoms with Gasteiger partial charge in [0.25, 0.3) is 0 Å². The number of hydrogen-bond donors (Lipinski definition) is 1. The minimum atomic E-state index is -1.20. The summed E-state index contributed by atoms with van der Waals surface area (Å²) in [5.41, 5.74) is -0.820. The van der Waals surface area contributed by atoms with Gasteiger partial charge in [-0.3, -0.25) is 9.59 Å². The van der Waals surface area contributed by atoms with Gasteiger partial charge >= 0.3 is 11.9 Å². The molecule has 0 amide bonds. The number of allylic oxidation sites excluding steroid dienone is 1. The Morgan fingerprint density at radius 1 is 1.19 bits per heavy atom. The zero-order chi connectivity index (χ0) is 25.9. The van der Waals surface area contributed by atoms with E-state index in [-0.39, 0.29) is 36.8 Å². The Morgan fingerprint density at radius 2 is 1.92 bits per heavy atom. The van der Waals surface area contributed by atoms with Crippen LogP contribution in [-0.2, 0) is 25.5 Å².